The van der Waals surface area contributed by atoms with Crippen LogP contribution in [0.3, 0.4) is 0 Å². The smallest absolute Gasteiger partial charge is 0.277 e. The summed E-state index contributed by atoms with van der Waals surface area (Å²) >= 11 is 5.92. The molecule has 2 N–H and O–H groups in total. The van der Waals surface area contributed by atoms with Crippen LogP contribution in [-0.2, 0) is 11.3 Å². The van der Waals surface area contributed by atoms with Gasteiger partial charge in [0.1, 0.15) is 11.0 Å². The number of methoxy groups -OCH3 is 2. The van der Waals surface area contributed by atoms with Gasteiger partial charge in [-0.1, -0.05) is 17.7 Å². The zero-order valence-corrected chi connectivity index (χ0v) is 17.1. The van der Waals surface area contributed by atoms with E-state index in [0.29, 0.717) is 38.8 Å². The topological polar surface area (TPSA) is 98.2 Å². The van der Waals surface area contributed by atoms with Gasteiger partial charge in [0.15, 0.2) is 11.5 Å². The van der Waals surface area contributed by atoms with Crippen molar-refractivity contribution in [1.82, 2.24) is 14.5 Å². The molecule has 0 saturated carbocycles. The molecule has 8 nitrogen and oxygen atoms in total. The normalized spacial score (nSPS) is 11.0. The second kappa shape index (κ2) is 8.08. The van der Waals surface area contributed by atoms with Gasteiger partial charge in [-0.15, -0.1) is 0 Å². The summed E-state index contributed by atoms with van der Waals surface area (Å²) in [6.45, 7) is 0.191. The molecule has 1 amide bonds. The van der Waals surface area contributed by atoms with Gasteiger partial charge in [0.2, 0.25) is 5.91 Å². The third-order valence-corrected chi connectivity index (χ3v) is 5.00. The minimum absolute atomic E-state index is 0.113. The number of anilines is 1. The number of nitrogens with one attached hydrogen (secondary N) is 2. The fourth-order valence-electron chi connectivity index (χ4n) is 3.29. The van der Waals surface area contributed by atoms with Gasteiger partial charge in [-0.3, -0.25) is 14.2 Å². The van der Waals surface area contributed by atoms with Crippen LogP contribution < -0.4 is 20.3 Å². The van der Waals surface area contributed by atoms with Gasteiger partial charge < -0.3 is 19.8 Å². The number of carbonyl (C=O) groups is 1. The minimum atomic E-state index is -0.260. The van der Waals surface area contributed by atoms with Crippen molar-refractivity contribution in [3.8, 4) is 11.5 Å². The number of benzene rings is 2. The highest BCUT2D eigenvalue weighted by Crippen LogP contribution is 2.34. The summed E-state index contributed by atoms with van der Waals surface area (Å²) < 4.78 is 12.1. The zero-order chi connectivity index (χ0) is 21.3. The Kier molecular flexibility index (Phi) is 5.33. The van der Waals surface area contributed by atoms with E-state index < -0.39 is 0 Å². The van der Waals surface area contributed by atoms with Crippen molar-refractivity contribution in [2.45, 2.75) is 13.0 Å². The molecule has 9 heteroatoms. The van der Waals surface area contributed by atoms with Gasteiger partial charge >= 0.3 is 0 Å². The molecule has 2 aromatic carbocycles. The van der Waals surface area contributed by atoms with Crippen molar-refractivity contribution in [2.75, 3.05) is 19.5 Å². The first-order chi connectivity index (χ1) is 14.5. The number of H-pyrrole nitrogens is 1. The van der Waals surface area contributed by atoms with Crippen molar-refractivity contribution >= 4 is 45.1 Å². The van der Waals surface area contributed by atoms with Crippen molar-refractivity contribution in [1.29, 1.82) is 0 Å². The highest BCUT2D eigenvalue weighted by molar-refractivity contribution is 6.30. The van der Waals surface area contributed by atoms with Crippen LogP contribution in [0, 0.1) is 0 Å². The largest absolute Gasteiger partial charge is 0.493 e. The number of hydrogen-bond acceptors (Lipinski definition) is 5. The van der Waals surface area contributed by atoms with Crippen molar-refractivity contribution in [3.63, 3.8) is 0 Å². The molecule has 2 aromatic heterocycles. The Labute approximate surface area is 176 Å². The number of aromatic nitrogens is 3. The van der Waals surface area contributed by atoms with Gasteiger partial charge in [-0.2, -0.15) is 0 Å². The van der Waals surface area contributed by atoms with Gasteiger partial charge in [0.25, 0.3) is 5.56 Å². The molecule has 0 fully saturated rings. The Morgan fingerprint density at radius 1 is 1.20 bits per heavy atom. The molecule has 2 heterocycles. The van der Waals surface area contributed by atoms with Crippen LogP contribution in [0.1, 0.15) is 6.42 Å². The first-order valence-electron chi connectivity index (χ1n) is 9.18. The summed E-state index contributed by atoms with van der Waals surface area (Å²) in [5.41, 5.74) is 1.95. The second-order valence-electron chi connectivity index (χ2n) is 6.65. The molecule has 0 bridgehead atoms. The van der Waals surface area contributed by atoms with E-state index in [1.54, 1.807) is 50.6 Å². The molecule has 0 radical (unpaired) electrons. The summed E-state index contributed by atoms with van der Waals surface area (Å²) in [7, 11) is 3.10. The average Bonchev–Trinajstić information content (AvgIpc) is 3.10. The minimum Gasteiger partial charge on any atom is -0.493 e. The Balaban J connectivity index is 1.59. The number of amides is 1. The molecule has 0 unspecified atom stereocenters. The number of carbonyl (C=O) groups excluding carboxylic acids is 1. The molecule has 0 aliphatic rings. The number of nitrogens with zero attached hydrogens (tertiary/aromatic N) is 2. The van der Waals surface area contributed by atoms with Crippen molar-refractivity contribution in [2.24, 2.45) is 0 Å². The van der Waals surface area contributed by atoms with Gasteiger partial charge in [-0.05, 0) is 24.3 Å². The lowest BCUT2D eigenvalue weighted by atomic mass is 10.2. The summed E-state index contributed by atoms with van der Waals surface area (Å²) in [6.07, 6.45) is 1.56. The third kappa shape index (κ3) is 3.69. The highest BCUT2D eigenvalue weighted by Gasteiger charge is 2.15. The molecule has 0 saturated heterocycles. The van der Waals surface area contributed by atoms with E-state index in [1.165, 1.54) is 10.9 Å². The van der Waals surface area contributed by atoms with E-state index in [0.717, 1.165) is 5.39 Å². The Bertz CT molecular complexity index is 1310. The Hall–Kier alpha value is -3.52. The molecule has 0 atom stereocenters. The molecule has 30 heavy (non-hydrogen) atoms. The monoisotopic (exact) mass is 426 g/mol. The van der Waals surface area contributed by atoms with Crippen molar-refractivity contribution in [3.05, 3.63) is 58.1 Å². The predicted molar refractivity (Wildman–Crippen MR) is 116 cm³/mol. The van der Waals surface area contributed by atoms with E-state index in [-0.39, 0.29) is 24.4 Å². The summed E-state index contributed by atoms with van der Waals surface area (Å²) in [5, 5.41) is 4.05. The van der Waals surface area contributed by atoms with Gasteiger partial charge in [0, 0.05) is 35.1 Å². The Morgan fingerprint density at radius 2 is 1.97 bits per heavy atom. The SMILES string of the molecule is COc1cc2[nH]c3c(=O)n(CCC(=O)Nc4cccc(Cl)c4)cnc3c2cc1OC. The highest BCUT2D eigenvalue weighted by atomic mass is 35.5. The molecule has 0 spiro atoms. The van der Waals surface area contributed by atoms with E-state index in [9.17, 15) is 9.59 Å². The van der Waals surface area contributed by atoms with Gasteiger partial charge in [0.05, 0.1) is 26.1 Å². The van der Waals surface area contributed by atoms with Crippen LogP contribution in [0.25, 0.3) is 21.9 Å². The number of aryl methyl sites for hydroxylation is 1. The number of rotatable bonds is 6. The predicted octanol–water partition coefficient (Wildman–Crippen LogP) is 3.58. The van der Waals surface area contributed by atoms with E-state index in [1.807, 2.05) is 0 Å². The molecule has 0 aliphatic heterocycles. The standard InChI is InChI=1S/C21H19ClN4O4/c1-29-16-9-14-15(10-17(16)30-2)25-20-19(14)23-11-26(21(20)28)7-6-18(27)24-13-5-3-4-12(22)8-13/h3-5,8-11,25H,6-7H2,1-2H3,(H,24,27). The van der Waals surface area contributed by atoms with Crippen LogP contribution in [0.4, 0.5) is 5.69 Å². The van der Waals surface area contributed by atoms with Crippen LogP contribution in [-0.4, -0.2) is 34.7 Å². The summed E-state index contributed by atoms with van der Waals surface area (Å²) in [5.74, 6) is 0.875. The van der Waals surface area contributed by atoms with Crippen LogP contribution in [0.2, 0.25) is 5.02 Å². The molecular formula is C21H19ClN4O4. The number of hydrogen-bond donors (Lipinski definition) is 2. The summed E-state index contributed by atoms with van der Waals surface area (Å²) in [6, 6.07) is 10.4. The molecule has 4 aromatic rings. The molecule has 0 aliphatic carbocycles. The molecule has 4 rings (SSSR count). The van der Waals surface area contributed by atoms with Crippen LogP contribution in [0.15, 0.2) is 47.5 Å². The lowest BCUT2D eigenvalue weighted by Gasteiger charge is -2.07. The zero-order valence-electron chi connectivity index (χ0n) is 16.4. The van der Waals surface area contributed by atoms with Gasteiger partial charge in [-0.25, -0.2) is 4.98 Å². The van der Waals surface area contributed by atoms with Crippen molar-refractivity contribution < 1.29 is 14.3 Å². The van der Waals surface area contributed by atoms with Crippen LogP contribution in [0.5, 0.6) is 11.5 Å². The third-order valence-electron chi connectivity index (χ3n) is 4.76. The Morgan fingerprint density at radius 3 is 2.70 bits per heavy atom. The van der Waals surface area contributed by atoms with Crippen LogP contribution >= 0.6 is 11.6 Å². The second-order valence-corrected chi connectivity index (χ2v) is 7.09. The maximum atomic E-state index is 12.9. The number of halogens is 1. The first kappa shape index (κ1) is 19.8. The number of aromatic amines is 1. The van der Waals surface area contributed by atoms with E-state index >= 15 is 0 Å². The quantitative estimate of drug-likeness (QED) is 0.491. The van der Waals surface area contributed by atoms with E-state index in [4.69, 9.17) is 21.1 Å². The fourth-order valence-corrected chi connectivity index (χ4v) is 3.48. The lowest BCUT2D eigenvalue weighted by Crippen LogP contribution is -2.23. The maximum Gasteiger partial charge on any atom is 0.277 e. The molecular weight excluding hydrogens is 408 g/mol. The first-order valence-corrected chi connectivity index (χ1v) is 9.56. The average molecular weight is 427 g/mol. The van der Waals surface area contributed by atoms with E-state index in [2.05, 4.69) is 15.3 Å². The summed E-state index contributed by atoms with van der Waals surface area (Å²) in [4.78, 5) is 32.7. The maximum absolute atomic E-state index is 12.9. The fraction of sp³-hybridized carbons (Fsp3) is 0.190. The molecule has 154 valence electrons. The number of fused-ring (bicyclic) bond motifs is 3. The lowest BCUT2D eigenvalue weighted by molar-refractivity contribution is -0.116. The number of ether oxygens (including phenoxy) is 2.